The van der Waals surface area contributed by atoms with E-state index in [0.29, 0.717) is 24.8 Å². The predicted molar refractivity (Wildman–Crippen MR) is 50.8 cm³/mol. The van der Waals surface area contributed by atoms with Gasteiger partial charge in [0.15, 0.2) is 11.6 Å². The molecule has 2 nitrogen and oxygen atoms in total. The van der Waals surface area contributed by atoms with E-state index in [1.165, 1.54) is 7.11 Å². The minimum Gasteiger partial charge on any atom is -0.496 e. The molecule has 82 valence electrons. The summed E-state index contributed by atoms with van der Waals surface area (Å²) in [6.07, 6.45) is 1.72. The summed E-state index contributed by atoms with van der Waals surface area (Å²) in [6, 6.07) is 2.10. The Morgan fingerprint density at radius 3 is 2.47 bits per heavy atom. The first-order valence-corrected chi connectivity index (χ1v) is 4.78. The van der Waals surface area contributed by atoms with E-state index in [1.807, 2.05) is 0 Å². The van der Waals surface area contributed by atoms with Crippen LogP contribution in [-0.2, 0) is 6.42 Å². The Morgan fingerprint density at radius 2 is 1.93 bits per heavy atom. The predicted octanol–water partition coefficient (Wildman–Crippen LogP) is 2.04. The van der Waals surface area contributed by atoms with Crippen LogP contribution in [0.25, 0.3) is 0 Å². The number of hydrogen-bond donors (Lipinski definition) is 1. The molecule has 0 radical (unpaired) electrons. The second kappa shape index (κ2) is 3.45. The lowest BCUT2D eigenvalue weighted by molar-refractivity contribution is 0.149. The zero-order chi connectivity index (χ0) is 11.1. The van der Waals surface area contributed by atoms with E-state index in [2.05, 4.69) is 0 Å². The van der Waals surface area contributed by atoms with E-state index < -0.39 is 17.2 Å². The minimum absolute atomic E-state index is 0.286. The van der Waals surface area contributed by atoms with E-state index in [-0.39, 0.29) is 5.75 Å². The van der Waals surface area contributed by atoms with Crippen LogP contribution in [0.15, 0.2) is 12.1 Å². The fourth-order valence-corrected chi connectivity index (χ4v) is 1.57. The summed E-state index contributed by atoms with van der Waals surface area (Å²) in [5, 5.41) is 9.69. The van der Waals surface area contributed by atoms with E-state index in [9.17, 15) is 13.9 Å². The molecule has 2 rings (SSSR count). The van der Waals surface area contributed by atoms with Gasteiger partial charge in [0.1, 0.15) is 5.75 Å². The van der Waals surface area contributed by atoms with Gasteiger partial charge >= 0.3 is 0 Å². The molecule has 0 aliphatic heterocycles. The second-order valence-corrected chi connectivity index (χ2v) is 3.98. The van der Waals surface area contributed by atoms with Gasteiger partial charge in [0, 0.05) is 18.1 Å². The molecule has 0 saturated heterocycles. The topological polar surface area (TPSA) is 29.5 Å². The Balaban J connectivity index is 2.31. The molecule has 1 aromatic carbocycles. The molecule has 0 aromatic heterocycles. The van der Waals surface area contributed by atoms with Crippen molar-refractivity contribution in [1.29, 1.82) is 0 Å². The minimum atomic E-state index is -0.932. The zero-order valence-electron chi connectivity index (χ0n) is 8.39. The van der Waals surface area contributed by atoms with Crippen LogP contribution in [0.4, 0.5) is 8.78 Å². The molecule has 0 spiro atoms. The van der Waals surface area contributed by atoms with Gasteiger partial charge in [-0.25, -0.2) is 8.78 Å². The number of hydrogen-bond acceptors (Lipinski definition) is 2. The van der Waals surface area contributed by atoms with Gasteiger partial charge in [-0.1, -0.05) is 0 Å². The van der Waals surface area contributed by atoms with Gasteiger partial charge in [-0.05, 0) is 18.9 Å². The number of halogens is 2. The molecular formula is C11H12F2O2. The van der Waals surface area contributed by atoms with E-state index in [4.69, 9.17) is 4.74 Å². The molecule has 0 unspecified atom stereocenters. The van der Waals surface area contributed by atoms with Crippen LogP contribution in [0, 0.1) is 11.6 Å². The van der Waals surface area contributed by atoms with Crippen molar-refractivity contribution in [2.24, 2.45) is 0 Å². The van der Waals surface area contributed by atoms with Crippen molar-refractivity contribution in [3.8, 4) is 5.75 Å². The molecule has 1 aliphatic carbocycles. The highest BCUT2D eigenvalue weighted by molar-refractivity contribution is 5.36. The van der Waals surface area contributed by atoms with Gasteiger partial charge in [-0.15, -0.1) is 0 Å². The fraction of sp³-hybridized carbons (Fsp3) is 0.455. The Bertz CT molecular complexity index is 386. The van der Waals surface area contributed by atoms with Crippen LogP contribution in [0.2, 0.25) is 0 Å². The SMILES string of the molecule is COc1cc(F)c(F)cc1CC1(O)CC1. The summed E-state index contributed by atoms with van der Waals surface area (Å²) in [5.74, 6) is -1.55. The Labute approximate surface area is 86.5 Å². The Morgan fingerprint density at radius 1 is 1.33 bits per heavy atom. The molecule has 0 amide bonds. The normalized spacial score (nSPS) is 17.6. The third kappa shape index (κ3) is 2.09. The first-order chi connectivity index (χ1) is 7.04. The molecule has 1 aromatic rings. The molecular weight excluding hydrogens is 202 g/mol. The summed E-state index contributed by atoms with van der Waals surface area (Å²) >= 11 is 0. The molecule has 0 atom stereocenters. The molecule has 1 saturated carbocycles. The van der Waals surface area contributed by atoms with Crippen molar-refractivity contribution in [2.45, 2.75) is 24.9 Å². The van der Waals surface area contributed by atoms with Crippen LogP contribution in [0.1, 0.15) is 18.4 Å². The number of rotatable bonds is 3. The van der Waals surface area contributed by atoms with Crippen molar-refractivity contribution in [2.75, 3.05) is 7.11 Å². The monoisotopic (exact) mass is 214 g/mol. The maximum atomic E-state index is 13.0. The molecule has 4 heteroatoms. The summed E-state index contributed by atoms with van der Waals surface area (Å²) in [6.45, 7) is 0. The lowest BCUT2D eigenvalue weighted by atomic mass is 10.1. The van der Waals surface area contributed by atoms with Crippen molar-refractivity contribution >= 4 is 0 Å². The lowest BCUT2D eigenvalue weighted by Crippen LogP contribution is -2.12. The van der Waals surface area contributed by atoms with Gasteiger partial charge in [-0.2, -0.15) is 0 Å². The van der Waals surface area contributed by atoms with Gasteiger partial charge in [-0.3, -0.25) is 0 Å². The van der Waals surface area contributed by atoms with Gasteiger partial charge in [0.2, 0.25) is 0 Å². The number of benzene rings is 1. The third-order valence-corrected chi connectivity index (χ3v) is 2.67. The van der Waals surface area contributed by atoms with Crippen LogP contribution < -0.4 is 4.74 Å². The molecule has 0 bridgehead atoms. The van der Waals surface area contributed by atoms with E-state index in [0.717, 1.165) is 12.1 Å². The number of methoxy groups -OCH3 is 1. The van der Waals surface area contributed by atoms with Gasteiger partial charge < -0.3 is 9.84 Å². The Kier molecular flexibility index (Phi) is 2.38. The third-order valence-electron chi connectivity index (χ3n) is 2.67. The highest BCUT2D eigenvalue weighted by Gasteiger charge is 2.41. The maximum absolute atomic E-state index is 13.0. The number of ether oxygens (including phenoxy) is 1. The maximum Gasteiger partial charge on any atom is 0.162 e. The van der Waals surface area contributed by atoms with Gasteiger partial charge in [0.05, 0.1) is 12.7 Å². The summed E-state index contributed by atoms with van der Waals surface area (Å²) in [7, 11) is 1.40. The van der Waals surface area contributed by atoms with Crippen LogP contribution in [0.3, 0.4) is 0 Å². The highest BCUT2D eigenvalue weighted by Crippen LogP contribution is 2.40. The summed E-state index contributed by atoms with van der Waals surface area (Å²) < 4.78 is 30.8. The quantitative estimate of drug-likeness (QED) is 0.834. The first-order valence-electron chi connectivity index (χ1n) is 4.78. The average Bonchev–Trinajstić information content (AvgIpc) is 2.89. The second-order valence-electron chi connectivity index (χ2n) is 3.98. The highest BCUT2D eigenvalue weighted by atomic mass is 19.2. The smallest absolute Gasteiger partial charge is 0.162 e. The van der Waals surface area contributed by atoms with E-state index >= 15 is 0 Å². The van der Waals surface area contributed by atoms with Crippen LogP contribution in [-0.4, -0.2) is 17.8 Å². The molecule has 15 heavy (non-hydrogen) atoms. The van der Waals surface area contributed by atoms with Crippen LogP contribution >= 0.6 is 0 Å². The fourth-order valence-electron chi connectivity index (χ4n) is 1.57. The summed E-state index contributed by atoms with van der Waals surface area (Å²) in [5.41, 5.74) is -0.228. The van der Waals surface area contributed by atoms with Crippen molar-refractivity contribution in [3.05, 3.63) is 29.3 Å². The molecule has 1 aliphatic rings. The molecule has 1 fully saturated rings. The Hall–Kier alpha value is -1.16. The van der Waals surface area contributed by atoms with Crippen molar-refractivity contribution in [3.63, 3.8) is 0 Å². The van der Waals surface area contributed by atoms with Gasteiger partial charge in [0.25, 0.3) is 0 Å². The standard InChI is InChI=1S/C11H12F2O2/c1-15-10-5-9(13)8(12)4-7(10)6-11(14)2-3-11/h4-5,14H,2-3,6H2,1H3. The van der Waals surface area contributed by atoms with Crippen molar-refractivity contribution < 1.29 is 18.6 Å². The van der Waals surface area contributed by atoms with E-state index in [1.54, 1.807) is 0 Å². The average molecular weight is 214 g/mol. The molecule has 0 heterocycles. The first kappa shape index (κ1) is 10.4. The molecule has 1 N–H and O–H groups in total. The zero-order valence-corrected chi connectivity index (χ0v) is 8.39. The van der Waals surface area contributed by atoms with Crippen LogP contribution in [0.5, 0.6) is 5.75 Å². The van der Waals surface area contributed by atoms with Crippen molar-refractivity contribution in [1.82, 2.24) is 0 Å². The largest absolute Gasteiger partial charge is 0.496 e. The lowest BCUT2D eigenvalue weighted by Gasteiger charge is -2.12. The number of aliphatic hydroxyl groups is 1. The summed E-state index contributed by atoms with van der Waals surface area (Å²) in [4.78, 5) is 0.